The Morgan fingerprint density at radius 1 is 1.20 bits per heavy atom. The molecule has 2 atom stereocenters. The summed E-state index contributed by atoms with van der Waals surface area (Å²) in [6.07, 6.45) is -1.50. The van der Waals surface area contributed by atoms with Crippen LogP contribution in [-0.2, 0) is 14.3 Å². The fraction of sp³-hybridized carbons (Fsp3) is 0.400. The zero-order valence-electron chi connectivity index (χ0n) is 19.4. The number of carbonyl (C=O) groups is 3. The summed E-state index contributed by atoms with van der Waals surface area (Å²) in [7, 11) is 1.54. The van der Waals surface area contributed by atoms with E-state index in [1.165, 1.54) is 11.0 Å². The molecule has 35 heavy (non-hydrogen) atoms. The number of hydrogen-bond donors (Lipinski definition) is 2. The molecular weight excluding hydrogens is 457 g/mol. The fourth-order valence-corrected chi connectivity index (χ4v) is 4.01. The summed E-state index contributed by atoms with van der Waals surface area (Å²) in [6, 6.07) is 11.2. The molecule has 4 rings (SSSR count). The van der Waals surface area contributed by atoms with Crippen LogP contribution in [0.15, 0.2) is 42.5 Å². The van der Waals surface area contributed by atoms with Crippen molar-refractivity contribution in [2.24, 2.45) is 0 Å². The smallest absolute Gasteiger partial charge is 0.414 e. The zero-order chi connectivity index (χ0) is 24.8. The number of halogens is 1. The molecule has 0 spiro atoms. The van der Waals surface area contributed by atoms with E-state index in [2.05, 4.69) is 10.6 Å². The van der Waals surface area contributed by atoms with Gasteiger partial charge in [0, 0.05) is 37.1 Å². The molecule has 2 amide bonds. The Kier molecular flexibility index (Phi) is 7.94. The molecule has 10 heteroatoms. The quantitative estimate of drug-likeness (QED) is 0.526. The minimum Gasteiger partial charge on any atom is -0.497 e. The molecule has 2 N–H and O–H groups in total. The molecule has 0 bridgehead atoms. The first kappa shape index (κ1) is 24.6. The van der Waals surface area contributed by atoms with Gasteiger partial charge in [-0.05, 0) is 36.4 Å². The number of Topliss-reactive ketones (excluding diaryl/α,β-unsaturated/α-hetero) is 1. The van der Waals surface area contributed by atoms with Crippen molar-refractivity contribution in [2.75, 3.05) is 44.8 Å². The van der Waals surface area contributed by atoms with Crippen molar-refractivity contribution in [3.8, 4) is 5.75 Å². The molecular formula is C25H28FN3O6. The highest BCUT2D eigenvalue weighted by molar-refractivity contribution is 5.98. The lowest BCUT2D eigenvalue weighted by Crippen LogP contribution is -2.35. The van der Waals surface area contributed by atoms with Crippen LogP contribution in [0.4, 0.5) is 14.9 Å². The lowest BCUT2D eigenvalue weighted by Gasteiger charge is -2.25. The monoisotopic (exact) mass is 485 g/mol. The molecule has 1 unspecified atom stereocenters. The zero-order valence-corrected chi connectivity index (χ0v) is 19.4. The SMILES string of the molecule is COc1ccc(C(=O)CCC(=O)NC[C@H]2CN(c3ccc(C4CNCCO4)c(F)c3)C(=O)O2)cc1. The Morgan fingerprint density at radius 2 is 2.00 bits per heavy atom. The van der Waals surface area contributed by atoms with Crippen LogP contribution in [0.25, 0.3) is 0 Å². The summed E-state index contributed by atoms with van der Waals surface area (Å²) in [4.78, 5) is 38.1. The van der Waals surface area contributed by atoms with Gasteiger partial charge in [-0.1, -0.05) is 6.07 Å². The highest BCUT2D eigenvalue weighted by Gasteiger charge is 2.33. The van der Waals surface area contributed by atoms with Gasteiger partial charge in [0.2, 0.25) is 5.91 Å². The minimum atomic E-state index is -0.610. The summed E-state index contributed by atoms with van der Waals surface area (Å²) >= 11 is 0. The van der Waals surface area contributed by atoms with Gasteiger partial charge in [0.25, 0.3) is 0 Å². The second kappa shape index (κ2) is 11.3. The molecule has 0 saturated carbocycles. The van der Waals surface area contributed by atoms with Crippen molar-refractivity contribution < 1.29 is 33.0 Å². The van der Waals surface area contributed by atoms with Crippen LogP contribution in [0, 0.1) is 5.82 Å². The molecule has 2 aliphatic rings. The molecule has 2 fully saturated rings. The Bertz CT molecular complexity index is 1070. The predicted octanol–water partition coefficient (Wildman–Crippen LogP) is 2.60. The fourth-order valence-electron chi connectivity index (χ4n) is 4.01. The van der Waals surface area contributed by atoms with E-state index in [4.69, 9.17) is 14.2 Å². The standard InChI is InChI=1S/C25H28FN3O6/c1-33-18-5-2-16(3-6-18)22(30)8-9-24(31)28-13-19-15-29(25(32)35-19)17-4-7-20(21(26)12-17)23-14-27-10-11-34-23/h2-7,12,19,23,27H,8-11,13-15H2,1H3,(H,28,31)/t19-,23?/m0/s1. The first-order chi connectivity index (χ1) is 16.9. The summed E-state index contributed by atoms with van der Waals surface area (Å²) in [5.41, 5.74) is 1.31. The topological polar surface area (TPSA) is 106 Å². The van der Waals surface area contributed by atoms with Gasteiger partial charge in [-0.2, -0.15) is 0 Å². The maximum Gasteiger partial charge on any atom is 0.414 e. The number of rotatable bonds is 9. The number of anilines is 1. The number of amides is 2. The third kappa shape index (κ3) is 6.14. The van der Waals surface area contributed by atoms with E-state index in [1.54, 1.807) is 43.5 Å². The second-order valence-corrected chi connectivity index (χ2v) is 8.34. The first-order valence-electron chi connectivity index (χ1n) is 11.5. The Morgan fingerprint density at radius 3 is 2.69 bits per heavy atom. The molecule has 2 aliphatic heterocycles. The normalized spacial score (nSPS) is 19.8. The number of ketones is 1. The number of ether oxygens (including phenoxy) is 3. The number of morpholine rings is 1. The summed E-state index contributed by atoms with van der Waals surface area (Å²) in [6.45, 7) is 2.03. The molecule has 0 aromatic heterocycles. The van der Waals surface area contributed by atoms with Crippen molar-refractivity contribution in [2.45, 2.75) is 25.0 Å². The number of nitrogens with zero attached hydrogens (tertiary/aromatic N) is 1. The van der Waals surface area contributed by atoms with Crippen LogP contribution in [0.3, 0.4) is 0 Å². The Labute approximate surface area is 202 Å². The maximum absolute atomic E-state index is 14.7. The van der Waals surface area contributed by atoms with Gasteiger partial charge < -0.3 is 24.8 Å². The maximum atomic E-state index is 14.7. The summed E-state index contributed by atoms with van der Waals surface area (Å²) < 4.78 is 30.7. The van der Waals surface area contributed by atoms with Crippen LogP contribution in [0.5, 0.6) is 5.75 Å². The van der Waals surface area contributed by atoms with Crippen molar-refractivity contribution >= 4 is 23.5 Å². The largest absolute Gasteiger partial charge is 0.497 e. The van der Waals surface area contributed by atoms with E-state index >= 15 is 0 Å². The molecule has 2 saturated heterocycles. The van der Waals surface area contributed by atoms with E-state index in [-0.39, 0.29) is 43.7 Å². The molecule has 0 radical (unpaired) electrons. The highest BCUT2D eigenvalue weighted by Crippen LogP contribution is 2.28. The number of benzene rings is 2. The highest BCUT2D eigenvalue weighted by atomic mass is 19.1. The summed E-state index contributed by atoms with van der Waals surface area (Å²) in [5, 5.41) is 5.85. The Hall–Kier alpha value is -3.50. The lowest BCUT2D eigenvalue weighted by molar-refractivity contribution is -0.121. The molecule has 9 nitrogen and oxygen atoms in total. The Balaban J connectivity index is 1.24. The number of nitrogens with one attached hydrogen (secondary N) is 2. The van der Waals surface area contributed by atoms with Gasteiger partial charge in [0.05, 0.1) is 38.6 Å². The second-order valence-electron chi connectivity index (χ2n) is 8.34. The van der Waals surface area contributed by atoms with E-state index in [1.807, 2.05) is 0 Å². The van der Waals surface area contributed by atoms with Crippen molar-refractivity contribution in [1.82, 2.24) is 10.6 Å². The van der Waals surface area contributed by atoms with Gasteiger partial charge in [0.1, 0.15) is 17.7 Å². The van der Waals surface area contributed by atoms with Crippen LogP contribution < -0.4 is 20.3 Å². The number of methoxy groups -OCH3 is 1. The van der Waals surface area contributed by atoms with Gasteiger partial charge in [0.15, 0.2) is 5.78 Å². The summed E-state index contributed by atoms with van der Waals surface area (Å²) in [5.74, 6) is -0.282. The van der Waals surface area contributed by atoms with Crippen molar-refractivity contribution in [1.29, 1.82) is 0 Å². The average Bonchev–Trinajstić information content (AvgIpc) is 3.26. The van der Waals surface area contributed by atoms with Gasteiger partial charge >= 0.3 is 6.09 Å². The van der Waals surface area contributed by atoms with Gasteiger partial charge in [-0.25, -0.2) is 9.18 Å². The third-order valence-corrected chi connectivity index (χ3v) is 5.96. The number of cyclic esters (lactones) is 1. The van der Waals surface area contributed by atoms with Crippen LogP contribution in [0.2, 0.25) is 0 Å². The molecule has 2 aromatic rings. The molecule has 0 aliphatic carbocycles. The number of hydrogen-bond acceptors (Lipinski definition) is 7. The minimum absolute atomic E-state index is 0.0139. The molecule has 2 heterocycles. The molecule has 2 aromatic carbocycles. The van der Waals surface area contributed by atoms with Gasteiger partial charge in [-0.3, -0.25) is 14.5 Å². The van der Waals surface area contributed by atoms with Crippen LogP contribution in [-0.4, -0.2) is 63.8 Å². The van der Waals surface area contributed by atoms with Gasteiger partial charge in [-0.15, -0.1) is 0 Å². The average molecular weight is 486 g/mol. The van der Waals surface area contributed by atoms with E-state index < -0.39 is 18.0 Å². The van der Waals surface area contributed by atoms with Crippen molar-refractivity contribution in [3.63, 3.8) is 0 Å². The van der Waals surface area contributed by atoms with Crippen LogP contribution in [0.1, 0.15) is 34.9 Å². The van der Waals surface area contributed by atoms with E-state index in [0.29, 0.717) is 35.7 Å². The van der Waals surface area contributed by atoms with Crippen molar-refractivity contribution in [3.05, 3.63) is 59.4 Å². The van der Waals surface area contributed by atoms with E-state index in [0.717, 1.165) is 6.54 Å². The number of carbonyl (C=O) groups excluding carboxylic acids is 3. The lowest BCUT2D eigenvalue weighted by atomic mass is 10.1. The van der Waals surface area contributed by atoms with E-state index in [9.17, 15) is 18.8 Å². The molecule has 186 valence electrons. The first-order valence-corrected chi connectivity index (χ1v) is 11.5. The third-order valence-electron chi connectivity index (χ3n) is 5.96. The predicted molar refractivity (Wildman–Crippen MR) is 125 cm³/mol. The van der Waals surface area contributed by atoms with Crippen LogP contribution >= 0.6 is 0 Å².